The van der Waals surface area contributed by atoms with Gasteiger partial charge in [0.25, 0.3) is 0 Å². The minimum atomic E-state index is -1.07. The first kappa shape index (κ1) is 8.96. The van der Waals surface area contributed by atoms with Crippen LogP contribution in [0, 0.1) is 0 Å². The van der Waals surface area contributed by atoms with Crippen molar-refractivity contribution < 1.29 is 19.1 Å². The van der Waals surface area contributed by atoms with Crippen molar-refractivity contribution in [2.24, 2.45) is 0 Å². The first-order valence-electron chi connectivity index (χ1n) is 4.72. The molecule has 0 unspecified atom stereocenters. The highest BCUT2D eigenvalue weighted by Gasteiger charge is 2.20. The molecule has 2 heterocycles. The third kappa shape index (κ3) is 1.18. The summed E-state index contributed by atoms with van der Waals surface area (Å²) in [4.78, 5) is 14.8. The summed E-state index contributed by atoms with van der Waals surface area (Å²) in [5.74, 6) is -0.598. The molecule has 2 aromatic rings. The largest absolute Gasteiger partial charge is 0.475 e. The maximum atomic E-state index is 10.7. The summed E-state index contributed by atoms with van der Waals surface area (Å²) in [6.07, 6.45) is 3.36. The number of hydrogen-bond acceptors (Lipinski definition) is 4. The number of hydrogen-bond donors (Lipinski definition) is 1. The molecule has 1 N–H and O–H groups in total. The van der Waals surface area contributed by atoms with Crippen molar-refractivity contribution in [2.45, 2.75) is 6.42 Å². The van der Waals surface area contributed by atoms with Crippen molar-refractivity contribution in [1.82, 2.24) is 4.98 Å². The Morgan fingerprint density at radius 2 is 2.31 bits per heavy atom. The number of benzene rings is 1. The molecule has 0 fully saturated rings. The van der Waals surface area contributed by atoms with Crippen LogP contribution in [0.5, 0.6) is 5.75 Å². The zero-order valence-electron chi connectivity index (χ0n) is 8.14. The van der Waals surface area contributed by atoms with Gasteiger partial charge in [0, 0.05) is 12.0 Å². The normalized spacial score (nSPS) is 14.1. The Labute approximate surface area is 90.0 Å². The molecule has 0 aliphatic carbocycles. The number of carboxylic acid groups (broad SMARTS) is 1. The Hall–Kier alpha value is -2.30. The van der Waals surface area contributed by atoms with Crippen molar-refractivity contribution in [3.05, 3.63) is 35.9 Å². The summed E-state index contributed by atoms with van der Waals surface area (Å²) in [6.45, 7) is 0. The van der Waals surface area contributed by atoms with Gasteiger partial charge in [-0.05, 0) is 18.2 Å². The number of allylic oxidation sites excluding steroid dienone is 1. The van der Waals surface area contributed by atoms with Crippen LogP contribution < -0.4 is 4.74 Å². The van der Waals surface area contributed by atoms with Gasteiger partial charge in [-0.25, -0.2) is 9.78 Å². The Morgan fingerprint density at radius 3 is 3.12 bits per heavy atom. The molecule has 0 atom stereocenters. The highest BCUT2D eigenvalue weighted by Crippen LogP contribution is 2.32. The van der Waals surface area contributed by atoms with Crippen LogP contribution in [-0.2, 0) is 11.2 Å². The fourth-order valence-electron chi connectivity index (χ4n) is 1.74. The lowest BCUT2D eigenvalue weighted by atomic mass is 10.1. The lowest BCUT2D eigenvalue weighted by Gasteiger charge is -2.15. The average Bonchev–Trinajstić information content (AvgIpc) is 2.76. The van der Waals surface area contributed by atoms with Crippen molar-refractivity contribution in [2.75, 3.05) is 0 Å². The van der Waals surface area contributed by atoms with Gasteiger partial charge in [-0.2, -0.15) is 0 Å². The van der Waals surface area contributed by atoms with E-state index in [9.17, 15) is 4.79 Å². The van der Waals surface area contributed by atoms with Crippen molar-refractivity contribution in [1.29, 1.82) is 0 Å². The number of aromatic nitrogens is 1. The van der Waals surface area contributed by atoms with Gasteiger partial charge in [0.15, 0.2) is 12.0 Å². The number of oxazole rings is 1. The minimum absolute atomic E-state index is 0.0497. The van der Waals surface area contributed by atoms with Gasteiger partial charge < -0.3 is 14.3 Å². The Balaban J connectivity index is 2.14. The van der Waals surface area contributed by atoms with E-state index in [1.54, 1.807) is 12.1 Å². The van der Waals surface area contributed by atoms with Gasteiger partial charge in [0.05, 0.1) is 0 Å². The zero-order valence-corrected chi connectivity index (χ0v) is 8.14. The monoisotopic (exact) mass is 217 g/mol. The predicted molar refractivity (Wildman–Crippen MR) is 54.1 cm³/mol. The maximum Gasteiger partial charge on any atom is 0.371 e. The van der Waals surface area contributed by atoms with Gasteiger partial charge in [-0.15, -0.1) is 0 Å². The number of fused-ring (bicyclic) bond motifs is 3. The molecule has 0 bridgehead atoms. The van der Waals surface area contributed by atoms with Gasteiger partial charge in [-0.3, -0.25) is 0 Å². The molecule has 3 rings (SSSR count). The van der Waals surface area contributed by atoms with Crippen LogP contribution in [0.15, 0.2) is 34.8 Å². The summed E-state index contributed by atoms with van der Waals surface area (Å²) in [7, 11) is 0. The number of nitrogens with zero attached hydrogens (tertiary/aromatic N) is 1. The Kier molecular flexibility index (Phi) is 1.73. The summed E-state index contributed by atoms with van der Waals surface area (Å²) >= 11 is 0. The smallest absolute Gasteiger partial charge is 0.371 e. The van der Waals surface area contributed by atoms with Crippen LogP contribution in [0.1, 0.15) is 5.56 Å². The third-order valence-corrected chi connectivity index (χ3v) is 2.48. The second-order valence-corrected chi connectivity index (χ2v) is 3.42. The summed E-state index contributed by atoms with van der Waals surface area (Å²) in [5.41, 5.74) is 2.23. The highest BCUT2D eigenvalue weighted by molar-refractivity contribution is 5.87. The maximum absolute atomic E-state index is 10.7. The number of carbonyl (C=O) groups is 1. The van der Waals surface area contributed by atoms with Gasteiger partial charge in [0.1, 0.15) is 11.3 Å². The molecule has 0 radical (unpaired) electrons. The Morgan fingerprint density at radius 1 is 1.44 bits per heavy atom. The molecule has 80 valence electrons. The number of ether oxygens (including phenoxy) is 1. The SMILES string of the molecule is O=C(O)C1=CCc2c(ccc3ncoc23)O1. The lowest BCUT2D eigenvalue weighted by molar-refractivity contribution is -0.135. The first-order chi connectivity index (χ1) is 7.75. The van der Waals surface area contributed by atoms with Gasteiger partial charge >= 0.3 is 5.97 Å². The van der Waals surface area contributed by atoms with E-state index in [1.165, 1.54) is 12.5 Å². The molecule has 0 spiro atoms. The van der Waals surface area contributed by atoms with E-state index in [1.807, 2.05) is 0 Å². The molecule has 0 saturated carbocycles. The Bertz CT molecular complexity index is 611. The third-order valence-electron chi connectivity index (χ3n) is 2.48. The standard InChI is InChI=1S/C11H7NO4/c13-11(14)9-3-1-6-8(16-9)4-2-7-10(6)15-5-12-7/h2-5H,1H2,(H,13,14). The van der Waals surface area contributed by atoms with E-state index < -0.39 is 5.97 Å². The van der Waals surface area contributed by atoms with E-state index in [-0.39, 0.29) is 5.76 Å². The first-order valence-corrected chi connectivity index (χ1v) is 4.72. The van der Waals surface area contributed by atoms with E-state index in [4.69, 9.17) is 14.3 Å². The van der Waals surface area contributed by atoms with Crippen LogP contribution in [-0.4, -0.2) is 16.1 Å². The molecule has 0 amide bonds. The highest BCUT2D eigenvalue weighted by atomic mass is 16.5. The van der Waals surface area contributed by atoms with Crippen LogP contribution in [0.25, 0.3) is 11.1 Å². The number of carboxylic acids is 1. The zero-order chi connectivity index (χ0) is 11.1. The quantitative estimate of drug-likeness (QED) is 0.787. The summed E-state index contributed by atoms with van der Waals surface area (Å²) in [5, 5.41) is 8.81. The molecule has 1 aliphatic heterocycles. The number of rotatable bonds is 1. The molecular formula is C11H7NO4. The van der Waals surface area contributed by atoms with E-state index in [0.717, 1.165) is 11.1 Å². The molecule has 1 aromatic heterocycles. The van der Waals surface area contributed by atoms with Crippen molar-refractivity contribution >= 4 is 17.1 Å². The predicted octanol–water partition coefficient (Wildman–Crippen LogP) is 1.73. The molecule has 0 saturated heterocycles. The summed E-state index contributed by atoms with van der Waals surface area (Å²) < 4.78 is 10.5. The van der Waals surface area contributed by atoms with E-state index >= 15 is 0 Å². The van der Waals surface area contributed by atoms with E-state index in [0.29, 0.717) is 17.8 Å². The summed E-state index contributed by atoms with van der Waals surface area (Å²) in [6, 6.07) is 3.44. The van der Waals surface area contributed by atoms with E-state index in [2.05, 4.69) is 4.98 Å². The van der Waals surface area contributed by atoms with Crippen molar-refractivity contribution in [3.8, 4) is 5.75 Å². The lowest BCUT2D eigenvalue weighted by Crippen LogP contribution is -2.12. The average molecular weight is 217 g/mol. The molecule has 5 heteroatoms. The van der Waals surface area contributed by atoms with Crippen molar-refractivity contribution in [3.63, 3.8) is 0 Å². The second kappa shape index (κ2) is 3.10. The molecular weight excluding hydrogens is 210 g/mol. The molecule has 1 aliphatic rings. The fourth-order valence-corrected chi connectivity index (χ4v) is 1.74. The fraction of sp³-hybridized carbons (Fsp3) is 0.0909. The van der Waals surface area contributed by atoms with Crippen LogP contribution in [0.2, 0.25) is 0 Å². The van der Waals surface area contributed by atoms with Crippen LogP contribution in [0.4, 0.5) is 0 Å². The van der Waals surface area contributed by atoms with Gasteiger partial charge in [-0.1, -0.05) is 0 Å². The van der Waals surface area contributed by atoms with Crippen LogP contribution in [0.3, 0.4) is 0 Å². The number of aliphatic carboxylic acids is 1. The second-order valence-electron chi connectivity index (χ2n) is 3.42. The van der Waals surface area contributed by atoms with Gasteiger partial charge in [0.2, 0.25) is 5.76 Å². The molecule has 5 nitrogen and oxygen atoms in total. The minimum Gasteiger partial charge on any atom is -0.475 e. The molecule has 16 heavy (non-hydrogen) atoms. The molecule has 1 aromatic carbocycles. The van der Waals surface area contributed by atoms with Crippen LogP contribution >= 0.6 is 0 Å². The topological polar surface area (TPSA) is 72.6 Å².